The van der Waals surface area contributed by atoms with Gasteiger partial charge in [-0.2, -0.15) is 0 Å². The summed E-state index contributed by atoms with van der Waals surface area (Å²) in [5, 5.41) is 4.01. The Kier molecular flexibility index (Phi) is 5.79. The quantitative estimate of drug-likeness (QED) is 0.167. The monoisotopic (exact) mass is 532 g/mol. The molecule has 1 aliphatic rings. The molecule has 5 aromatic rings. The minimum atomic E-state index is -1.67. The minimum Gasteiger partial charge on any atom is -0.455 e. The Morgan fingerprint density at radius 2 is 1.51 bits per heavy atom. The number of para-hydroxylation sites is 1. The van der Waals surface area contributed by atoms with Crippen LogP contribution in [0.15, 0.2) is 71.3 Å². The van der Waals surface area contributed by atoms with E-state index in [1.807, 2.05) is 0 Å². The zero-order valence-corrected chi connectivity index (χ0v) is 26.1. The van der Waals surface area contributed by atoms with Crippen molar-refractivity contribution in [1.29, 1.82) is 0 Å². The summed E-state index contributed by atoms with van der Waals surface area (Å²) in [6, 6.07) is 22.8. The minimum absolute atomic E-state index is 0.167. The van der Waals surface area contributed by atoms with Crippen molar-refractivity contribution in [2.75, 3.05) is 0 Å². The number of pyridine rings is 1. The fourth-order valence-corrected chi connectivity index (χ4v) is 8.43. The second-order valence-electron chi connectivity index (χ2n) is 14.1. The van der Waals surface area contributed by atoms with Gasteiger partial charge in [-0.25, -0.2) is 4.57 Å². The molecule has 0 spiro atoms. The van der Waals surface area contributed by atoms with Crippen LogP contribution in [-0.4, -0.2) is 8.07 Å². The third-order valence-corrected chi connectivity index (χ3v) is 11.3. The van der Waals surface area contributed by atoms with Crippen LogP contribution in [0.2, 0.25) is 19.6 Å². The second-order valence-corrected chi connectivity index (χ2v) is 19.1. The lowest BCUT2D eigenvalue weighted by Gasteiger charge is -2.42. The van der Waals surface area contributed by atoms with Gasteiger partial charge in [0, 0.05) is 28.5 Å². The highest BCUT2D eigenvalue weighted by Gasteiger charge is 2.37. The van der Waals surface area contributed by atoms with E-state index in [-0.39, 0.29) is 10.8 Å². The molecule has 0 saturated heterocycles. The van der Waals surface area contributed by atoms with Gasteiger partial charge in [-0.3, -0.25) is 0 Å². The van der Waals surface area contributed by atoms with Crippen molar-refractivity contribution in [2.45, 2.75) is 77.9 Å². The molecule has 0 bridgehead atoms. The molecule has 3 aromatic carbocycles. The first-order chi connectivity index (χ1) is 18.3. The Labute approximate surface area is 234 Å². The van der Waals surface area contributed by atoms with Gasteiger partial charge in [0.05, 0.1) is 13.6 Å². The van der Waals surface area contributed by atoms with Crippen molar-refractivity contribution in [3.05, 3.63) is 83.6 Å². The molecule has 0 aliphatic heterocycles. The topological polar surface area (TPSA) is 17.0 Å². The van der Waals surface area contributed by atoms with Crippen molar-refractivity contribution in [1.82, 2.24) is 0 Å². The summed E-state index contributed by atoms with van der Waals surface area (Å²) in [4.78, 5) is 0. The lowest BCUT2D eigenvalue weighted by Crippen LogP contribution is -2.38. The molecule has 2 aromatic heterocycles. The number of furan rings is 1. The Hall–Kier alpha value is -3.17. The molecule has 39 heavy (non-hydrogen) atoms. The number of hydrogen-bond acceptors (Lipinski definition) is 1. The Bertz CT molecular complexity index is 1760. The summed E-state index contributed by atoms with van der Waals surface area (Å²) in [6.45, 7) is 19.2. The Balaban J connectivity index is 1.69. The number of rotatable bonds is 3. The number of aryl methyl sites for hydroxylation is 2. The van der Waals surface area contributed by atoms with E-state index < -0.39 is 8.07 Å². The predicted molar refractivity (Wildman–Crippen MR) is 169 cm³/mol. The van der Waals surface area contributed by atoms with Crippen LogP contribution in [0.25, 0.3) is 44.3 Å². The highest BCUT2D eigenvalue weighted by molar-refractivity contribution is 6.90. The summed E-state index contributed by atoms with van der Waals surface area (Å²) < 4.78 is 9.25. The first-order valence-corrected chi connectivity index (χ1v) is 17.9. The van der Waals surface area contributed by atoms with E-state index >= 15 is 0 Å². The van der Waals surface area contributed by atoms with Gasteiger partial charge in [0.15, 0.2) is 6.20 Å². The van der Waals surface area contributed by atoms with Gasteiger partial charge >= 0.3 is 0 Å². The van der Waals surface area contributed by atoms with E-state index in [4.69, 9.17) is 4.42 Å². The van der Waals surface area contributed by atoms with E-state index in [0.717, 1.165) is 11.2 Å². The lowest BCUT2D eigenvalue weighted by atomic mass is 9.63. The summed E-state index contributed by atoms with van der Waals surface area (Å²) in [5.74, 6) is 0. The highest BCUT2D eigenvalue weighted by atomic mass is 28.3. The second kappa shape index (κ2) is 8.66. The number of benzene rings is 3. The van der Waals surface area contributed by atoms with Gasteiger partial charge in [0.2, 0.25) is 5.69 Å². The van der Waals surface area contributed by atoms with Crippen LogP contribution in [0.4, 0.5) is 0 Å². The van der Waals surface area contributed by atoms with E-state index in [2.05, 4.69) is 133 Å². The molecule has 0 N–H and O–H groups in total. The lowest BCUT2D eigenvalue weighted by molar-refractivity contribution is -0.660. The fraction of sp³-hybridized carbons (Fsp3) is 0.361. The van der Waals surface area contributed by atoms with Crippen LogP contribution in [-0.2, 0) is 17.9 Å². The smallest absolute Gasteiger partial charge is 0.216 e. The standard InChI is InChI=1S/C36H42NOSi/c1-23-21-30(39(7,8)9)32-26-14-12-13-25(33(26)38-34(32)31(23)29-15-10-11-20-37(29)6)24-16-17-27-28(22-24)36(4,5)19-18-35(27,2)3/h10-17,20-22H,18-19H2,1-9H3/q+1. The molecular formula is C36H42NOSi+. The maximum atomic E-state index is 7.04. The predicted octanol–water partition coefficient (Wildman–Crippen LogP) is 8.95. The molecule has 2 heterocycles. The summed E-state index contributed by atoms with van der Waals surface area (Å²) in [7, 11) is 0.457. The van der Waals surface area contributed by atoms with Gasteiger partial charge < -0.3 is 4.42 Å². The van der Waals surface area contributed by atoms with Crippen molar-refractivity contribution in [3.63, 3.8) is 0 Å². The zero-order valence-electron chi connectivity index (χ0n) is 25.1. The molecule has 0 unspecified atom stereocenters. The Morgan fingerprint density at radius 3 is 2.21 bits per heavy atom. The van der Waals surface area contributed by atoms with Gasteiger partial charge in [0.1, 0.15) is 18.2 Å². The number of nitrogens with zero attached hydrogens (tertiary/aromatic N) is 1. The van der Waals surface area contributed by atoms with E-state index in [1.165, 1.54) is 67.9 Å². The summed E-state index contributed by atoms with van der Waals surface area (Å²) >= 11 is 0. The molecule has 0 fully saturated rings. The fourth-order valence-electron chi connectivity index (χ4n) is 6.78. The largest absolute Gasteiger partial charge is 0.455 e. The van der Waals surface area contributed by atoms with Gasteiger partial charge in [-0.05, 0) is 64.1 Å². The van der Waals surface area contributed by atoms with E-state index in [0.29, 0.717) is 0 Å². The number of aromatic nitrogens is 1. The first-order valence-electron chi connectivity index (χ1n) is 14.4. The van der Waals surface area contributed by atoms with Crippen molar-refractivity contribution in [3.8, 4) is 22.4 Å². The average molecular weight is 533 g/mol. The molecule has 2 nitrogen and oxygen atoms in total. The van der Waals surface area contributed by atoms with Crippen LogP contribution in [0.3, 0.4) is 0 Å². The molecule has 0 atom stereocenters. The molecule has 1 aliphatic carbocycles. The summed E-state index contributed by atoms with van der Waals surface area (Å²) in [6.07, 6.45) is 4.56. The molecule has 0 radical (unpaired) electrons. The molecule has 3 heteroatoms. The van der Waals surface area contributed by atoms with Gasteiger partial charge in [-0.1, -0.05) is 89.8 Å². The Morgan fingerprint density at radius 1 is 0.795 bits per heavy atom. The molecule has 0 amide bonds. The average Bonchev–Trinajstić information content (AvgIpc) is 3.25. The highest BCUT2D eigenvalue weighted by Crippen LogP contribution is 2.48. The van der Waals surface area contributed by atoms with Gasteiger partial charge in [-0.15, -0.1) is 0 Å². The normalized spacial score (nSPS) is 16.5. The SMILES string of the molecule is Cc1cc([Si](C)(C)C)c2c(oc3c(-c4ccc5c(c4)C(C)(C)CCC5(C)C)cccc32)c1-c1cccc[n+]1C. The molecule has 200 valence electrons. The van der Waals surface area contributed by atoms with Crippen LogP contribution >= 0.6 is 0 Å². The summed E-state index contributed by atoms with van der Waals surface area (Å²) in [5.41, 5.74) is 11.5. The first kappa shape index (κ1) is 26.1. The van der Waals surface area contributed by atoms with E-state index in [1.54, 1.807) is 0 Å². The molecular weight excluding hydrogens is 490 g/mol. The van der Waals surface area contributed by atoms with Crippen molar-refractivity contribution in [2.24, 2.45) is 7.05 Å². The zero-order chi connectivity index (χ0) is 27.9. The maximum Gasteiger partial charge on any atom is 0.216 e. The van der Waals surface area contributed by atoms with Crippen molar-refractivity contribution < 1.29 is 8.98 Å². The van der Waals surface area contributed by atoms with Crippen LogP contribution in [0.1, 0.15) is 57.2 Å². The van der Waals surface area contributed by atoms with Crippen LogP contribution in [0, 0.1) is 6.92 Å². The van der Waals surface area contributed by atoms with Crippen LogP contribution < -0.4 is 9.75 Å². The van der Waals surface area contributed by atoms with Crippen LogP contribution in [0.5, 0.6) is 0 Å². The number of fused-ring (bicyclic) bond motifs is 4. The third kappa shape index (κ3) is 4.09. The maximum absolute atomic E-state index is 7.04. The van der Waals surface area contributed by atoms with Crippen molar-refractivity contribution >= 4 is 35.2 Å². The van der Waals surface area contributed by atoms with Gasteiger partial charge in [0.25, 0.3) is 0 Å². The third-order valence-electron chi connectivity index (χ3n) is 9.25. The molecule has 0 saturated carbocycles. The number of hydrogen-bond donors (Lipinski definition) is 0. The molecule has 6 rings (SSSR count). The van der Waals surface area contributed by atoms with E-state index in [9.17, 15) is 0 Å².